The van der Waals surface area contributed by atoms with Gasteiger partial charge in [-0.05, 0) is 52.4 Å². The molecule has 4 aromatic rings. The summed E-state index contributed by atoms with van der Waals surface area (Å²) in [6, 6.07) is 14.9. The molecule has 142 valence electrons. The van der Waals surface area contributed by atoms with Gasteiger partial charge >= 0.3 is 0 Å². The first kappa shape index (κ1) is 18.1. The van der Waals surface area contributed by atoms with Crippen LogP contribution in [-0.4, -0.2) is 27.7 Å². The summed E-state index contributed by atoms with van der Waals surface area (Å²) < 4.78 is 8.95. The fourth-order valence-corrected chi connectivity index (χ4v) is 4.80. The molecular formula is C22H19BrClN3O. The average molecular weight is 457 g/mol. The molecule has 1 saturated heterocycles. The van der Waals surface area contributed by atoms with Crippen molar-refractivity contribution < 1.29 is 4.74 Å². The van der Waals surface area contributed by atoms with Crippen LogP contribution in [-0.2, 0) is 4.74 Å². The Balaban J connectivity index is 1.83. The lowest BCUT2D eigenvalue weighted by Gasteiger charge is -2.32. The summed E-state index contributed by atoms with van der Waals surface area (Å²) in [4.78, 5) is 9.43. The second-order valence-corrected chi connectivity index (χ2v) is 8.57. The van der Waals surface area contributed by atoms with Gasteiger partial charge in [-0.2, -0.15) is 0 Å². The second-order valence-electron chi connectivity index (χ2n) is 7.22. The van der Waals surface area contributed by atoms with Crippen LogP contribution in [0, 0.1) is 5.92 Å². The Hall–Kier alpha value is -1.95. The van der Waals surface area contributed by atoms with Gasteiger partial charge in [0.1, 0.15) is 5.65 Å². The van der Waals surface area contributed by atoms with Gasteiger partial charge in [0.05, 0.1) is 22.1 Å². The summed E-state index contributed by atoms with van der Waals surface area (Å²) in [5.74, 6) is 0.464. The Morgan fingerprint density at radius 1 is 1.07 bits per heavy atom. The highest BCUT2D eigenvalue weighted by Gasteiger charge is 2.30. The Bertz CT molecular complexity index is 1140. The summed E-state index contributed by atoms with van der Waals surface area (Å²) in [6.07, 6.45) is 5.60. The van der Waals surface area contributed by atoms with Crippen molar-refractivity contribution in [1.82, 2.24) is 14.5 Å². The summed E-state index contributed by atoms with van der Waals surface area (Å²) in [6.45, 7) is 1.60. The molecular weight excluding hydrogens is 438 g/mol. The number of halogens is 2. The maximum Gasteiger partial charge on any atom is 0.143 e. The number of hydrogen-bond acceptors (Lipinski definition) is 3. The van der Waals surface area contributed by atoms with Crippen LogP contribution in [0.2, 0.25) is 5.02 Å². The fraction of sp³-hybridized carbons (Fsp3) is 0.273. The van der Waals surface area contributed by atoms with Crippen LogP contribution in [0.3, 0.4) is 0 Å². The number of hydrogen-bond donors (Lipinski definition) is 0. The van der Waals surface area contributed by atoms with Gasteiger partial charge in [0.25, 0.3) is 0 Å². The van der Waals surface area contributed by atoms with Crippen LogP contribution in [0.15, 0.2) is 59.3 Å². The molecule has 0 aliphatic carbocycles. The molecule has 0 bridgehead atoms. The average Bonchev–Trinajstić information content (AvgIpc) is 3.03. The molecule has 0 saturated carbocycles. The molecule has 1 aliphatic heterocycles. The molecule has 1 aliphatic rings. The second kappa shape index (κ2) is 7.47. The molecule has 0 amide bonds. The van der Waals surface area contributed by atoms with Crippen LogP contribution >= 0.6 is 27.5 Å². The lowest BCUT2D eigenvalue weighted by molar-refractivity contribution is 0.0552. The highest BCUT2D eigenvalue weighted by molar-refractivity contribution is 9.10. The van der Waals surface area contributed by atoms with Crippen molar-refractivity contribution in [3.05, 3.63) is 69.9 Å². The van der Waals surface area contributed by atoms with E-state index in [0.717, 1.165) is 52.6 Å². The van der Waals surface area contributed by atoms with E-state index in [9.17, 15) is 0 Å². The van der Waals surface area contributed by atoms with Crippen molar-refractivity contribution in [2.45, 2.75) is 18.9 Å². The SMILES string of the molecule is Clc1cnc2c(c1)c1ncc(Br)cc1n2[C@H](c1ccccc1)C1CCOCC1. The van der Waals surface area contributed by atoms with Crippen molar-refractivity contribution in [1.29, 1.82) is 0 Å². The van der Waals surface area contributed by atoms with Crippen molar-refractivity contribution in [2.75, 3.05) is 13.2 Å². The number of benzene rings is 1. The van der Waals surface area contributed by atoms with Gasteiger partial charge in [0.15, 0.2) is 0 Å². The van der Waals surface area contributed by atoms with Crippen LogP contribution in [0.1, 0.15) is 24.4 Å². The number of nitrogens with zero attached hydrogens (tertiary/aromatic N) is 3. The predicted octanol–water partition coefficient (Wildman–Crippen LogP) is 6.02. The number of aromatic nitrogens is 3. The Morgan fingerprint density at radius 2 is 1.86 bits per heavy atom. The molecule has 0 radical (unpaired) electrons. The third-order valence-electron chi connectivity index (χ3n) is 5.54. The van der Waals surface area contributed by atoms with Gasteiger partial charge in [0, 0.05) is 35.5 Å². The van der Waals surface area contributed by atoms with Crippen LogP contribution in [0.5, 0.6) is 0 Å². The smallest absolute Gasteiger partial charge is 0.143 e. The number of rotatable bonds is 3. The van der Waals surface area contributed by atoms with E-state index in [2.05, 4.69) is 56.9 Å². The Kier molecular flexibility index (Phi) is 4.83. The van der Waals surface area contributed by atoms with Gasteiger partial charge in [-0.3, -0.25) is 4.98 Å². The predicted molar refractivity (Wildman–Crippen MR) is 116 cm³/mol. The molecule has 6 heteroatoms. The first-order chi connectivity index (χ1) is 13.7. The van der Waals surface area contributed by atoms with Crippen molar-refractivity contribution in [3.63, 3.8) is 0 Å². The van der Waals surface area contributed by atoms with E-state index < -0.39 is 0 Å². The normalized spacial score (nSPS) is 16.6. The monoisotopic (exact) mass is 455 g/mol. The molecule has 3 aromatic heterocycles. The van der Waals surface area contributed by atoms with E-state index in [1.165, 1.54) is 5.56 Å². The Labute approximate surface area is 176 Å². The summed E-state index contributed by atoms with van der Waals surface area (Å²) in [7, 11) is 0. The topological polar surface area (TPSA) is 39.9 Å². The minimum absolute atomic E-state index is 0.162. The molecule has 4 heterocycles. The third-order valence-corrected chi connectivity index (χ3v) is 6.18. The lowest BCUT2D eigenvalue weighted by atomic mass is 9.86. The third kappa shape index (κ3) is 3.11. The van der Waals surface area contributed by atoms with E-state index in [0.29, 0.717) is 10.9 Å². The number of pyridine rings is 2. The maximum absolute atomic E-state index is 6.28. The van der Waals surface area contributed by atoms with Crippen LogP contribution in [0.4, 0.5) is 0 Å². The summed E-state index contributed by atoms with van der Waals surface area (Å²) in [5.41, 5.74) is 4.20. The van der Waals surface area contributed by atoms with Gasteiger partial charge in [-0.15, -0.1) is 0 Å². The summed E-state index contributed by atoms with van der Waals surface area (Å²) >= 11 is 9.88. The van der Waals surface area contributed by atoms with E-state index in [4.69, 9.17) is 26.3 Å². The molecule has 1 fully saturated rings. The Morgan fingerprint density at radius 3 is 2.64 bits per heavy atom. The zero-order chi connectivity index (χ0) is 19.1. The van der Waals surface area contributed by atoms with E-state index in [1.807, 2.05) is 12.3 Å². The number of fused-ring (bicyclic) bond motifs is 3. The van der Waals surface area contributed by atoms with Crippen LogP contribution in [0.25, 0.3) is 22.1 Å². The van der Waals surface area contributed by atoms with E-state index >= 15 is 0 Å². The fourth-order valence-electron chi connectivity index (χ4n) is 4.33. The molecule has 4 nitrogen and oxygen atoms in total. The standard InChI is InChI=1S/C22H19BrClN3O/c23-16-10-19-20(25-12-16)18-11-17(24)13-26-22(18)27(19)21(14-4-2-1-3-5-14)15-6-8-28-9-7-15/h1-5,10-13,15,21H,6-9H2/t21-/m1/s1. The van der Waals surface area contributed by atoms with Gasteiger partial charge < -0.3 is 9.30 Å². The van der Waals surface area contributed by atoms with Gasteiger partial charge in [-0.1, -0.05) is 41.9 Å². The van der Waals surface area contributed by atoms with E-state index in [-0.39, 0.29) is 6.04 Å². The quantitative estimate of drug-likeness (QED) is 0.379. The first-order valence-corrected chi connectivity index (χ1v) is 10.6. The molecule has 28 heavy (non-hydrogen) atoms. The molecule has 1 aromatic carbocycles. The minimum Gasteiger partial charge on any atom is -0.381 e. The van der Waals surface area contributed by atoms with Crippen molar-refractivity contribution in [2.24, 2.45) is 5.92 Å². The number of ether oxygens (including phenoxy) is 1. The molecule has 1 atom stereocenters. The maximum atomic E-state index is 6.28. The highest BCUT2D eigenvalue weighted by atomic mass is 79.9. The van der Waals surface area contributed by atoms with Crippen LogP contribution < -0.4 is 0 Å². The zero-order valence-corrected chi connectivity index (χ0v) is 17.5. The molecule has 5 rings (SSSR count). The molecule has 0 N–H and O–H groups in total. The zero-order valence-electron chi connectivity index (χ0n) is 15.2. The first-order valence-electron chi connectivity index (χ1n) is 9.46. The van der Waals surface area contributed by atoms with Crippen molar-refractivity contribution >= 4 is 49.6 Å². The largest absolute Gasteiger partial charge is 0.381 e. The summed E-state index contributed by atoms with van der Waals surface area (Å²) in [5, 5.41) is 1.61. The van der Waals surface area contributed by atoms with E-state index in [1.54, 1.807) is 6.20 Å². The van der Waals surface area contributed by atoms with Crippen molar-refractivity contribution in [3.8, 4) is 0 Å². The highest BCUT2D eigenvalue weighted by Crippen LogP contribution is 2.40. The lowest BCUT2D eigenvalue weighted by Crippen LogP contribution is -2.27. The minimum atomic E-state index is 0.162. The molecule has 0 spiro atoms. The van der Waals surface area contributed by atoms with Gasteiger partial charge in [0.2, 0.25) is 0 Å². The van der Waals surface area contributed by atoms with Gasteiger partial charge in [-0.25, -0.2) is 4.98 Å². The molecule has 0 unspecified atom stereocenters.